The fourth-order valence-corrected chi connectivity index (χ4v) is 1.46. The molecule has 0 spiro atoms. The van der Waals surface area contributed by atoms with Crippen molar-refractivity contribution in [3.8, 4) is 6.07 Å². The standard InChI is InChI=1S/C12H8F2N4/c13-7-3-8(6-17-5-7)18-12-9(4-15)10(14)1-2-11(12)16/h1-3,5-6,18H,16H2. The molecular weight excluding hydrogens is 238 g/mol. The van der Waals surface area contributed by atoms with E-state index in [0.717, 1.165) is 12.3 Å². The Morgan fingerprint density at radius 2 is 2.06 bits per heavy atom. The Balaban J connectivity index is 2.47. The van der Waals surface area contributed by atoms with E-state index in [1.54, 1.807) is 6.07 Å². The monoisotopic (exact) mass is 246 g/mol. The summed E-state index contributed by atoms with van der Waals surface area (Å²) < 4.78 is 26.4. The van der Waals surface area contributed by atoms with E-state index in [9.17, 15) is 8.78 Å². The van der Waals surface area contributed by atoms with Crippen LogP contribution in [0.1, 0.15) is 5.56 Å². The molecule has 2 aromatic rings. The second-order valence-corrected chi connectivity index (χ2v) is 3.52. The van der Waals surface area contributed by atoms with Crippen molar-refractivity contribution in [3.05, 3.63) is 47.8 Å². The lowest BCUT2D eigenvalue weighted by molar-refractivity contribution is 0.622. The molecule has 2 rings (SSSR count). The fourth-order valence-electron chi connectivity index (χ4n) is 1.46. The Hall–Kier alpha value is -2.68. The minimum absolute atomic E-state index is 0.102. The zero-order valence-corrected chi connectivity index (χ0v) is 9.11. The van der Waals surface area contributed by atoms with E-state index in [-0.39, 0.29) is 22.6 Å². The van der Waals surface area contributed by atoms with Crippen molar-refractivity contribution in [2.45, 2.75) is 0 Å². The molecule has 90 valence electrons. The number of nitrogens with zero attached hydrogens (tertiary/aromatic N) is 2. The van der Waals surface area contributed by atoms with Crippen molar-refractivity contribution in [1.29, 1.82) is 5.26 Å². The summed E-state index contributed by atoms with van der Waals surface area (Å²) in [5.74, 6) is -1.24. The molecule has 0 aliphatic carbocycles. The van der Waals surface area contributed by atoms with Gasteiger partial charge in [-0.15, -0.1) is 0 Å². The van der Waals surface area contributed by atoms with E-state index in [0.29, 0.717) is 0 Å². The minimum atomic E-state index is -0.696. The van der Waals surface area contributed by atoms with Gasteiger partial charge < -0.3 is 11.1 Å². The summed E-state index contributed by atoms with van der Waals surface area (Å²) in [6.07, 6.45) is 2.37. The van der Waals surface area contributed by atoms with Gasteiger partial charge in [-0.2, -0.15) is 5.26 Å². The summed E-state index contributed by atoms with van der Waals surface area (Å²) in [5.41, 5.74) is 6.01. The number of hydrogen-bond acceptors (Lipinski definition) is 4. The van der Waals surface area contributed by atoms with E-state index in [1.165, 1.54) is 18.3 Å². The van der Waals surface area contributed by atoms with Gasteiger partial charge in [0.05, 0.1) is 29.5 Å². The predicted molar refractivity (Wildman–Crippen MR) is 63.0 cm³/mol. The van der Waals surface area contributed by atoms with Crippen molar-refractivity contribution in [2.24, 2.45) is 0 Å². The average Bonchev–Trinajstić information content (AvgIpc) is 2.34. The number of halogens is 2. The van der Waals surface area contributed by atoms with Crippen LogP contribution in [0.3, 0.4) is 0 Å². The topological polar surface area (TPSA) is 74.7 Å². The molecule has 0 aliphatic rings. The van der Waals surface area contributed by atoms with Gasteiger partial charge in [-0.25, -0.2) is 8.78 Å². The van der Waals surface area contributed by atoms with Crippen molar-refractivity contribution in [3.63, 3.8) is 0 Å². The molecule has 1 aromatic carbocycles. The number of nitrogens with two attached hydrogens (primary N) is 1. The smallest absolute Gasteiger partial charge is 0.143 e. The molecule has 0 saturated heterocycles. The van der Waals surface area contributed by atoms with Crippen LogP contribution >= 0.6 is 0 Å². The largest absolute Gasteiger partial charge is 0.397 e. The quantitative estimate of drug-likeness (QED) is 0.798. The highest BCUT2D eigenvalue weighted by molar-refractivity contribution is 5.78. The highest BCUT2D eigenvalue weighted by Crippen LogP contribution is 2.28. The molecule has 1 heterocycles. The van der Waals surface area contributed by atoms with Crippen molar-refractivity contribution in [2.75, 3.05) is 11.1 Å². The van der Waals surface area contributed by atoms with Crippen molar-refractivity contribution in [1.82, 2.24) is 4.98 Å². The zero-order chi connectivity index (χ0) is 13.1. The molecule has 0 aliphatic heterocycles. The van der Waals surface area contributed by atoms with Crippen LogP contribution in [-0.2, 0) is 0 Å². The Bertz CT molecular complexity index is 634. The van der Waals surface area contributed by atoms with Crippen LogP contribution in [0.15, 0.2) is 30.6 Å². The Morgan fingerprint density at radius 1 is 1.28 bits per heavy atom. The van der Waals surface area contributed by atoms with Crippen LogP contribution in [0.25, 0.3) is 0 Å². The molecule has 0 radical (unpaired) electrons. The Labute approximate surface area is 102 Å². The highest BCUT2D eigenvalue weighted by Gasteiger charge is 2.12. The highest BCUT2D eigenvalue weighted by atomic mass is 19.1. The van der Waals surface area contributed by atoms with E-state index in [4.69, 9.17) is 11.0 Å². The van der Waals surface area contributed by atoms with Gasteiger partial charge in [0.25, 0.3) is 0 Å². The van der Waals surface area contributed by atoms with Crippen LogP contribution < -0.4 is 11.1 Å². The first-order valence-electron chi connectivity index (χ1n) is 4.97. The molecule has 18 heavy (non-hydrogen) atoms. The zero-order valence-electron chi connectivity index (χ0n) is 9.11. The molecule has 0 bridgehead atoms. The third-order valence-electron chi connectivity index (χ3n) is 2.27. The van der Waals surface area contributed by atoms with Gasteiger partial charge in [0.15, 0.2) is 0 Å². The maximum Gasteiger partial charge on any atom is 0.143 e. The summed E-state index contributed by atoms with van der Waals surface area (Å²) in [6, 6.07) is 5.30. The van der Waals surface area contributed by atoms with E-state index < -0.39 is 11.6 Å². The summed E-state index contributed by atoms with van der Waals surface area (Å²) in [4.78, 5) is 3.63. The summed E-state index contributed by atoms with van der Waals surface area (Å²) >= 11 is 0. The van der Waals surface area contributed by atoms with Crippen LogP contribution in [0, 0.1) is 23.0 Å². The predicted octanol–water partition coefficient (Wildman–Crippen LogP) is 2.56. The van der Waals surface area contributed by atoms with Gasteiger partial charge in [-0.05, 0) is 12.1 Å². The van der Waals surface area contributed by atoms with Crippen LogP contribution in [0.2, 0.25) is 0 Å². The van der Waals surface area contributed by atoms with Gasteiger partial charge in [0.1, 0.15) is 23.3 Å². The van der Waals surface area contributed by atoms with Gasteiger partial charge in [0.2, 0.25) is 0 Å². The molecule has 0 amide bonds. The first kappa shape index (κ1) is 11.8. The maximum absolute atomic E-state index is 13.4. The number of aromatic nitrogens is 1. The second-order valence-electron chi connectivity index (χ2n) is 3.52. The van der Waals surface area contributed by atoms with E-state index in [2.05, 4.69) is 10.3 Å². The first-order valence-corrected chi connectivity index (χ1v) is 4.97. The number of anilines is 3. The maximum atomic E-state index is 13.4. The van der Waals surface area contributed by atoms with Gasteiger partial charge in [-0.3, -0.25) is 4.98 Å². The number of hydrogen-bond donors (Lipinski definition) is 2. The summed E-state index contributed by atoms with van der Waals surface area (Å²) in [5, 5.41) is 11.6. The van der Waals surface area contributed by atoms with Gasteiger partial charge >= 0.3 is 0 Å². The molecule has 6 heteroatoms. The first-order chi connectivity index (χ1) is 8.61. The molecular formula is C12H8F2N4. The van der Waals surface area contributed by atoms with Crippen LogP contribution in [-0.4, -0.2) is 4.98 Å². The van der Waals surface area contributed by atoms with E-state index >= 15 is 0 Å². The Morgan fingerprint density at radius 3 is 2.72 bits per heavy atom. The minimum Gasteiger partial charge on any atom is -0.397 e. The fraction of sp³-hybridized carbons (Fsp3) is 0. The van der Waals surface area contributed by atoms with Crippen molar-refractivity contribution < 1.29 is 8.78 Å². The van der Waals surface area contributed by atoms with Gasteiger partial charge in [0, 0.05) is 6.07 Å². The lowest BCUT2D eigenvalue weighted by Gasteiger charge is -2.11. The molecule has 3 N–H and O–H groups in total. The lowest BCUT2D eigenvalue weighted by Crippen LogP contribution is -2.01. The average molecular weight is 246 g/mol. The molecule has 0 saturated carbocycles. The molecule has 4 nitrogen and oxygen atoms in total. The summed E-state index contributed by atoms with van der Waals surface area (Å²) in [7, 11) is 0. The molecule has 0 atom stereocenters. The second kappa shape index (κ2) is 4.67. The molecule has 0 unspecified atom stereocenters. The SMILES string of the molecule is N#Cc1c(F)ccc(N)c1Nc1cncc(F)c1. The number of nitrogen functional groups attached to an aromatic ring is 1. The molecule has 0 fully saturated rings. The Kier molecular flexibility index (Phi) is 3.06. The number of pyridine rings is 1. The number of rotatable bonds is 2. The van der Waals surface area contributed by atoms with Crippen molar-refractivity contribution >= 4 is 17.1 Å². The van der Waals surface area contributed by atoms with Gasteiger partial charge in [-0.1, -0.05) is 0 Å². The normalized spacial score (nSPS) is 9.83. The third-order valence-corrected chi connectivity index (χ3v) is 2.27. The molecule has 1 aromatic heterocycles. The van der Waals surface area contributed by atoms with E-state index in [1.807, 2.05) is 0 Å². The number of nitrogens with one attached hydrogen (secondary N) is 1. The lowest BCUT2D eigenvalue weighted by atomic mass is 10.1. The summed E-state index contributed by atoms with van der Waals surface area (Å²) in [6.45, 7) is 0. The third kappa shape index (κ3) is 2.20. The van der Waals surface area contributed by atoms with Crippen LogP contribution in [0.4, 0.5) is 25.8 Å². The number of benzene rings is 1. The van der Waals surface area contributed by atoms with Crippen LogP contribution in [0.5, 0.6) is 0 Å². The number of nitriles is 1.